The summed E-state index contributed by atoms with van der Waals surface area (Å²) in [5.74, 6) is -0.718. The van der Waals surface area contributed by atoms with E-state index < -0.39 is 11.6 Å². The molecule has 40 heavy (non-hydrogen) atoms. The smallest absolute Gasteiger partial charge is 0.317 e. The van der Waals surface area contributed by atoms with Gasteiger partial charge in [-0.05, 0) is 57.9 Å². The molecule has 1 aliphatic carbocycles. The Morgan fingerprint density at radius 3 is 2.73 bits per heavy atom. The molecule has 3 N–H and O–H groups in total. The van der Waals surface area contributed by atoms with Crippen LogP contribution in [0.5, 0.6) is 0 Å². The van der Waals surface area contributed by atoms with Gasteiger partial charge in [-0.1, -0.05) is 0 Å². The van der Waals surface area contributed by atoms with Crippen molar-refractivity contribution in [2.45, 2.75) is 64.0 Å². The summed E-state index contributed by atoms with van der Waals surface area (Å²) in [6.45, 7) is 5.19. The first-order valence-electron chi connectivity index (χ1n) is 14.0. The number of anilines is 1. The van der Waals surface area contributed by atoms with E-state index in [1.165, 1.54) is 6.07 Å². The molecular formula is C28H39F2N7O3. The number of likely N-dealkylation sites (N-methyl/N-ethyl adjacent to an activating group) is 1. The quantitative estimate of drug-likeness (QED) is 0.241. The molecule has 0 saturated heterocycles. The van der Waals surface area contributed by atoms with Crippen molar-refractivity contribution >= 4 is 22.9 Å². The van der Waals surface area contributed by atoms with Crippen LogP contribution in [-0.4, -0.2) is 83.0 Å². The molecule has 12 heteroatoms. The summed E-state index contributed by atoms with van der Waals surface area (Å²) < 4.78 is 39.4. The maximum absolute atomic E-state index is 14.7. The van der Waals surface area contributed by atoms with Crippen LogP contribution in [-0.2, 0) is 9.47 Å². The highest BCUT2D eigenvalue weighted by Crippen LogP contribution is 2.28. The molecule has 0 spiro atoms. The number of rotatable bonds is 14. The van der Waals surface area contributed by atoms with Crippen molar-refractivity contribution in [1.82, 2.24) is 30.2 Å². The van der Waals surface area contributed by atoms with E-state index >= 15 is 0 Å². The van der Waals surface area contributed by atoms with Gasteiger partial charge in [0.1, 0.15) is 11.5 Å². The molecule has 218 valence electrons. The summed E-state index contributed by atoms with van der Waals surface area (Å²) in [6.07, 6.45) is 10.1. The second-order valence-electron chi connectivity index (χ2n) is 10.1. The van der Waals surface area contributed by atoms with E-state index in [1.54, 1.807) is 18.1 Å². The van der Waals surface area contributed by atoms with Crippen molar-refractivity contribution < 1.29 is 23.0 Å². The molecule has 4 rings (SSSR count). The highest BCUT2D eigenvalue weighted by atomic mass is 19.1. The fraction of sp³-hybridized carbons (Fsp3) is 0.571. The Bertz CT molecular complexity index is 1240. The number of amides is 2. The van der Waals surface area contributed by atoms with Crippen molar-refractivity contribution in [2.75, 3.05) is 45.3 Å². The molecule has 1 aliphatic rings. The summed E-state index contributed by atoms with van der Waals surface area (Å²) in [6, 6.07) is 1.08. The molecule has 3 heterocycles. The van der Waals surface area contributed by atoms with Crippen LogP contribution in [0.1, 0.15) is 51.9 Å². The van der Waals surface area contributed by atoms with Gasteiger partial charge in [0.2, 0.25) is 0 Å². The minimum atomic E-state index is -0.576. The van der Waals surface area contributed by atoms with E-state index in [1.807, 2.05) is 6.92 Å². The van der Waals surface area contributed by atoms with E-state index in [4.69, 9.17) is 9.47 Å². The van der Waals surface area contributed by atoms with Gasteiger partial charge < -0.3 is 30.0 Å². The average Bonchev–Trinajstić information content (AvgIpc) is 3.36. The van der Waals surface area contributed by atoms with E-state index in [0.717, 1.165) is 64.1 Å². The number of unbranched alkanes of at least 4 members (excludes halogenated alkanes) is 2. The topological polar surface area (TPSA) is 117 Å². The number of halogens is 2. The molecule has 0 unspecified atom stereocenters. The first kappa shape index (κ1) is 29.6. The normalized spacial score (nSPS) is 17.2. The van der Waals surface area contributed by atoms with Gasteiger partial charge in [-0.3, -0.25) is 0 Å². The number of aromatic nitrogens is 4. The third kappa shape index (κ3) is 8.31. The molecule has 2 amide bonds. The van der Waals surface area contributed by atoms with Gasteiger partial charge in [-0.15, -0.1) is 0 Å². The van der Waals surface area contributed by atoms with Gasteiger partial charge >= 0.3 is 6.03 Å². The van der Waals surface area contributed by atoms with Gasteiger partial charge in [-0.25, -0.2) is 28.5 Å². The van der Waals surface area contributed by atoms with Crippen LogP contribution in [0, 0.1) is 11.6 Å². The fourth-order valence-electron chi connectivity index (χ4n) is 4.83. The summed E-state index contributed by atoms with van der Waals surface area (Å²) in [7, 11) is 1.75. The Balaban J connectivity index is 1.24. The van der Waals surface area contributed by atoms with Crippen molar-refractivity contribution in [2.24, 2.45) is 0 Å². The Morgan fingerprint density at radius 2 is 1.90 bits per heavy atom. The van der Waals surface area contributed by atoms with Crippen LogP contribution in [0.4, 0.5) is 19.4 Å². The number of carbonyl (C=O) groups excluding carboxylic acids is 1. The second kappa shape index (κ2) is 14.8. The molecule has 1 saturated carbocycles. The average molecular weight is 560 g/mol. The Kier molecular flexibility index (Phi) is 11.0. The number of nitrogens with zero attached hydrogens (tertiary/aromatic N) is 4. The number of aromatic amines is 1. The molecule has 0 aliphatic heterocycles. The third-order valence-electron chi connectivity index (χ3n) is 7.02. The third-order valence-corrected chi connectivity index (χ3v) is 7.02. The lowest BCUT2D eigenvalue weighted by Gasteiger charge is -2.32. The zero-order valence-electron chi connectivity index (χ0n) is 23.2. The van der Waals surface area contributed by atoms with Crippen molar-refractivity contribution in [3.63, 3.8) is 0 Å². The maximum atomic E-state index is 14.7. The van der Waals surface area contributed by atoms with E-state index in [0.29, 0.717) is 42.8 Å². The number of carbonyl (C=O) groups is 1. The number of hydrogen-bond acceptors (Lipinski definition) is 7. The van der Waals surface area contributed by atoms with E-state index in [2.05, 4.69) is 30.6 Å². The van der Waals surface area contributed by atoms with E-state index in [-0.39, 0.29) is 29.8 Å². The number of nitrogens with one attached hydrogen (secondary N) is 3. The standard InChI is InChI=1S/C28H39F2N7O3/c1-3-39-11-5-4-6-12-40-13-10-37(2)28(38)35-21-9-7-8-20(15-21)34-27-24(30)18-33-26(36-27)23-17-32-25-22(23)14-19(29)16-31-25/h14,16-18,20-21H,3-13,15H2,1-2H3,(H,31,32)(H,35,38)(H,33,34,36)/t20-,21+/m1/s1. The SMILES string of the molecule is CCOCCCCCOCCN(C)C(=O)N[C@H]1CCC[C@@H](Nc2nc(-c3c[nH]c4ncc(F)cc34)ncc2F)C1. The number of fused-ring (bicyclic) bond motifs is 1. The van der Waals surface area contributed by atoms with Crippen molar-refractivity contribution in [1.29, 1.82) is 0 Å². The van der Waals surface area contributed by atoms with Crippen LogP contribution >= 0.6 is 0 Å². The predicted octanol–water partition coefficient (Wildman–Crippen LogP) is 4.89. The van der Waals surface area contributed by atoms with Crippen LogP contribution in [0.2, 0.25) is 0 Å². The monoisotopic (exact) mass is 559 g/mol. The van der Waals surface area contributed by atoms with Crippen LogP contribution in [0.25, 0.3) is 22.4 Å². The Labute approximate surface area is 233 Å². The largest absolute Gasteiger partial charge is 0.382 e. The van der Waals surface area contributed by atoms with Crippen LogP contribution < -0.4 is 10.6 Å². The highest BCUT2D eigenvalue weighted by molar-refractivity contribution is 5.91. The summed E-state index contributed by atoms with van der Waals surface area (Å²) in [4.78, 5) is 29.8. The minimum Gasteiger partial charge on any atom is -0.382 e. The Morgan fingerprint density at radius 1 is 1.10 bits per heavy atom. The molecule has 2 atom stereocenters. The zero-order chi connectivity index (χ0) is 28.3. The highest BCUT2D eigenvalue weighted by Gasteiger charge is 2.25. The van der Waals surface area contributed by atoms with Crippen molar-refractivity contribution in [3.05, 3.63) is 36.3 Å². The number of hydrogen-bond donors (Lipinski definition) is 3. The summed E-state index contributed by atoms with van der Waals surface area (Å²) in [5, 5.41) is 6.81. The molecule has 0 bridgehead atoms. The molecule has 1 fully saturated rings. The van der Waals surface area contributed by atoms with Crippen molar-refractivity contribution in [3.8, 4) is 11.4 Å². The molecule has 0 aromatic carbocycles. The molecule has 3 aromatic rings. The molecular weight excluding hydrogens is 520 g/mol. The molecule has 0 radical (unpaired) electrons. The fourth-order valence-corrected chi connectivity index (χ4v) is 4.83. The lowest BCUT2D eigenvalue weighted by molar-refractivity contribution is 0.106. The zero-order valence-corrected chi connectivity index (χ0v) is 23.2. The summed E-state index contributed by atoms with van der Waals surface area (Å²) in [5.41, 5.74) is 1.03. The van der Waals surface area contributed by atoms with Gasteiger partial charge in [0.25, 0.3) is 0 Å². The lowest BCUT2D eigenvalue weighted by Crippen LogP contribution is -2.47. The Hall–Kier alpha value is -3.38. The maximum Gasteiger partial charge on any atom is 0.317 e. The number of ether oxygens (including phenoxy) is 2. The van der Waals surface area contributed by atoms with E-state index in [9.17, 15) is 13.6 Å². The molecule has 3 aromatic heterocycles. The molecule has 10 nitrogen and oxygen atoms in total. The van der Waals surface area contributed by atoms with Crippen LogP contribution in [0.15, 0.2) is 24.7 Å². The summed E-state index contributed by atoms with van der Waals surface area (Å²) >= 11 is 0. The first-order chi connectivity index (χ1) is 19.4. The van der Waals surface area contributed by atoms with Gasteiger partial charge in [0, 0.05) is 62.6 Å². The predicted molar refractivity (Wildman–Crippen MR) is 149 cm³/mol. The lowest BCUT2D eigenvalue weighted by atomic mass is 9.91. The first-order valence-corrected chi connectivity index (χ1v) is 14.0. The number of urea groups is 1. The van der Waals surface area contributed by atoms with Gasteiger partial charge in [-0.2, -0.15) is 0 Å². The number of pyridine rings is 1. The minimum absolute atomic E-state index is 0.0421. The van der Waals surface area contributed by atoms with Gasteiger partial charge in [0.15, 0.2) is 17.5 Å². The second-order valence-corrected chi connectivity index (χ2v) is 10.1. The van der Waals surface area contributed by atoms with Gasteiger partial charge in [0.05, 0.1) is 19.0 Å². The number of H-pyrrole nitrogens is 1. The van der Waals surface area contributed by atoms with Crippen LogP contribution in [0.3, 0.4) is 0 Å².